The smallest absolute Gasteiger partial charge is 0.330 e. The Morgan fingerprint density at radius 1 is 0.729 bits per heavy atom. The third kappa shape index (κ3) is 11.7. The van der Waals surface area contributed by atoms with Crippen LogP contribution in [0.3, 0.4) is 0 Å². The minimum atomic E-state index is -1.73. The SMILES string of the molecule is C=CCC(=C)OCC1CC(O)C(O)C(OC2CC(O)CC3[OH+]C(C4CC(C)C(O)C(O)C4)C(OC4OC(COC(=O)C=CC5CCC(O)CC5)C(O)C(O)C4O)CC23)O1. The average molecular weight is 844 g/mol. The monoisotopic (exact) mass is 843 g/mol. The predicted octanol–water partition coefficient (Wildman–Crippen LogP) is -0.634. The van der Waals surface area contributed by atoms with E-state index in [1.54, 1.807) is 12.2 Å². The Kier molecular flexibility index (Phi) is 16.4. The molecule has 0 aromatic rings. The van der Waals surface area contributed by atoms with Gasteiger partial charge in [0.25, 0.3) is 0 Å². The van der Waals surface area contributed by atoms with Gasteiger partial charge in [0.2, 0.25) is 0 Å². The van der Waals surface area contributed by atoms with E-state index in [1.165, 1.54) is 6.08 Å². The van der Waals surface area contributed by atoms with Crippen molar-refractivity contribution in [2.24, 2.45) is 23.7 Å². The average Bonchev–Trinajstić information content (AvgIpc) is 3.20. The standard InChI is InChI=1S/C42H66O17/c1-4-5-21(3)53-18-26-16-29(46)36(49)41(55-26)57-31-15-25(44)14-30-27(31)17-32(40(56-30)23-12-20(2)35(48)28(45)13-23)58-42-39(52)38(51)37(50)33(59-42)19-54-34(47)11-8-22-6-9-24(43)10-7-22/h4,8,11,20,22-33,35-46,48-52H,1,3,5-7,9-10,12-19H2,2H3/p+1. The van der Waals surface area contributed by atoms with Gasteiger partial charge in [-0.1, -0.05) is 25.7 Å². The predicted molar refractivity (Wildman–Crippen MR) is 207 cm³/mol. The number of rotatable bonds is 14. The quantitative estimate of drug-likeness (QED) is 0.0346. The maximum Gasteiger partial charge on any atom is 0.330 e. The van der Waals surface area contributed by atoms with Crippen LogP contribution in [-0.2, 0) is 33.2 Å². The summed E-state index contributed by atoms with van der Waals surface area (Å²) in [6.07, 6.45) is -8.87. The maximum absolute atomic E-state index is 12.6. The summed E-state index contributed by atoms with van der Waals surface area (Å²) in [6, 6.07) is 0. The van der Waals surface area contributed by atoms with Crippen LogP contribution in [0.15, 0.2) is 37.1 Å². The first-order valence-corrected chi connectivity index (χ1v) is 21.3. The molecular weight excluding hydrogens is 776 g/mol. The van der Waals surface area contributed by atoms with Crippen molar-refractivity contribution in [3.05, 3.63) is 37.1 Å². The van der Waals surface area contributed by atoms with Gasteiger partial charge in [-0.05, 0) is 56.8 Å². The summed E-state index contributed by atoms with van der Waals surface area (Å²) in [5.41, 5.74) is 0. The van der Waals surface area contributed by atoms with Gasteiger partial charge in [0.1, 0.15) is 49.8 Å². The molecule has 0 spiro atoms. The highest BCUT2D eigenvalue weighted by Crippen LogP contribution is 2.44. The first-order chi connectivity index (χ1) is 28.1. The second-order valence-corrected chi connectivity index (χ2v) is 17.7. The van der Waals surface area contributed by atoms with Gasteiger partial charge in [-0.25, -0.2) is 4.79 Å². The van der Waals surface area contributed by atoms with Gasteiger partial charge < -0.3 is 79.1 Å². The zero-order valence-electron chi connectivity index (χ0n) is 33.8. The molecule has 3 heterocycles. The third-order valence-electron chi connectivity index (χ3n) is 13.2. The van der Waals surface area contributed by atoms with Gasteiger partial charge in [0.05, 0.1) is 54.4 Å². The summed E-state index contributed by atoms with van der Waals surface area (Å²) < 4.78 is 41.2. The Hall–Kier alpha value is -2.07. The third-order valence-corrected chi connectivity index (χ3v) is 13.2. The second-order valence-electron chi connectivity index (χ2n) is 17.7. The van der Waals surface area contributed by atoms with E-state index in [2.05, 4.69) is 13.2 Å². The number of carbonyl (C=O) groups excluding carboxylic acids is 1. The summed E-state index contributed by atoms with van der Waals surface area (Å²) in [5.74, 6) is -1.10. The van der Waals surface area contributed by atoms with Crippen LogP contribution in [0.1, 0.15) is 77.6 Å². The van der Waals surface area contributed by atoms with Gasteiger partial charge in [0.15, 0.2) is 24.8 Å². The maximum atomic E-state index is 12.6. The Morgan fingerprint density at radius 3 is 2.14 bits per heavy atom. The van der Waals surface area contributed by atoms with E-state index in [1.807, 2.05) is 6.92 Å². The lowest BCUT2D eigenvalue weighted by atomic mass is 9.70. The normalized spacial score (nSPS) is 46.9. The summed E-state index contributed by atoms with van der Waals surface area (Å²) in [4.78, 5) is 12.6. The number of esters is 1. The number of aliphatic hydroxyl groups is 11. The van der Waals surface area contributed by atoms with E-state index in [-0.39, 0.29) is 62.6 Å². The molecule has 0 aromatic heterocycles. The highest BCUT2D eigenvalue weighted by atomic mass is 16.7. The molecule has 59 heavy (non-hydrogen) atoms. The van der Waals surface area contributed by atoms with Crippen molar-refractivity contribution in [2.75, 3.05) is 13.2 Å². The molecule has 0 bridgehead atoms. The lowest BCUT2D eigenvalue weighted by molar-refractivity contribution is -0.365. The first kappa shape index (κ1) is 46.4. The minimum absolute atomic E-state index is 0.0519. The van der Waals surface area contributed by atoms with Crippen molar-refractivity contribution in [1.29, 1.82) is 0 Å². The number of fused-ring (bicyclic) bond motifs is 1. The second kappa shape index (κ2) is 20.9. The number of allylic oxidation sites excluding steroid dienone is 2. The fourth-order valence-corrected chi connectivity index (χ4v) is 9.78. The van der Waals surface area contributed by atoms with E-state index < -0.39 is 117 Å². The van der Waals surface area contributed by atoms with Gasteiger partial charge in [-0.2, -0.15) is 0 Å². The molecule has 6 aliphatic rings. The number of ether oxygens (including phenoxy) is 7. The van der Waals surface area contributed by atoms with E-state index in [9.17, 15) is 50.8 Å². The van der Waals surface area contributed by atoms with E-state index in [0.717, 1.165) is 12.8 Å². The fourth-order valence-electron chi connectivity index (χ4n) is 9.78. The van der Waals surface area contributed by atoms with Gasteiger partial charge >= 0.3 is 5.97 Å². The van der Waals surface area contributed by atoms with E-state index in [0.29, 0.717) is 31.4 Å². The number of hydrogen-bond acceptors (Lipinski definition) is 16. The molecule has 3 saturated heterocycles. The zero-order valence-corrected chi connectivity index (χ0v) is 33.8. The van der Waals surface area contributed by atoms with Crippen molar-refractivity contribution < 1.29 is 83.9 Å². The van der Waals surface area contributed by atoms with Crippen molar-refractivity contribution in [3.8, 4) is 0 Å². The minimum Gasteiger partial charge on any atom is -0.496 e. The molecule has 336 valence electrons. The molecule has 0 radical (unpaired) electrons. The van der Waals surface area contributed by atoms with Crippen LogP contribution in [-0.4, -0.2) is 174 Å². The van der Waals surface area contributed by atoms with Gasteiger partial charge in [-0.15, -0.1) is 6.58 Å². The molecule has 0 amide bonds. The van der Waals surface area contributed by atoms with Crippen LogP contribution in [0, 0.1) is 23.7 Å². The fraction of sp³-hybridized carbons (Fsp3) is 0.833. The van der Waals surface area contributed by atoms with Crippen LogP contribution in [0.2, 0.25) is 0 Å². The molecule has 19 unspecified atom stereocenters. The summed E-state index contributed by atoms with van der Waals surface area (Å²) in [6.45, 7) is 8.94. The number of carbonyl (C=O) groups is 1. The van der Waals surface area contributed by atoms with Gasteiger partial charge in [-0.3, -0.25) is 0 Å². The summed E-state index contributed by atoms with van der Waals surface area (Å²) in [7, 11) is 0. The van der Waals surface area contributed by atoms with Crippen molar-refractivity contribution in [3.63, 3.8) is 0 Å². The largest absolute Gasteiger partial charge is 0.496 e. The molecular formula is C42H67O17+. The summed E-state index contributed by atoms with van der Waals surface area (Å²) in [5, 5.41) is 97.0. The van der Waals surface area contributed by atoms with Crippen molar-refractivity contribution in [1.82, 2.24) is 0 Å². The molecule has 10 N–H and O–H groups in total. The Bertz CT molecular complexity index is 1390. The molecule has 6 rings (SSSR count). The highest BCUT2D eigenvalue weighted by Gasteiger charge is 2.56. The Labute approximate surface area is 345 Å². The molecule has 3 saturated carbocycles. The van der Waals surface area contributed by atoms with Gasteiger partial charge in [0, 0.05) is 37.7 Å². The van der Waals surface area contributed by atoms with Crippen LogP contribution in [0.5, 0.6) is 0 Å². The molecule has 17 heteroatoms. The molecule has 19 atom stereocenters. The Balaban J connectivity index is 1.17. The van der Waals surface area contributed by atoms with E-state index >= 15 is 0 Å². The number of hydrogen-bond donors (Lipinski definition) is 9. The topological polar surface area (TPSA) is 267 Å². The van der Waals surface area contributed by atoms with Crippen molar-refractivity contribution in [2.45, 2.75) is 182 Å². The molecule has 3 aliphatic carbocycles. The molecule has 3 aliphatic heterocycles. The zero-order chi connectivity index (χ0) is 42.5. The lowest BCUT2D eigenvalue weighted by Gasteiger charge is -2.50. The van der Waals surface area contributed by atoms with Crippen LogP contribution in [0.25, 0.3) is 0 Å². The Morgan fingerprint density at radius 2 is 1.42 bits per heavy atom. The van der Waals surface area contributed by atoms with Crippen molar-refractivity contribution >= 4 is 5.97 Å². The molecule has 17 nitrogen and oxygen atoms in total. The first-order valence-electron chi connectivity index (χ1n) is 21.3. The van der Waals surface area contributed by atoms with Crippen LogP contribution in [0.4, 0.5) is 0 Å². The molecule has 6 fully saturated rings. The van der Waals surface area contributed by atoms with Crippen LogP contribution < -0.4 is 0 Å². The van der Waals surface area contributed by atoms with E-state index in [4.69, 9.17) is 33.2 Å². The highest BCUT2D eigenvalue weighted by molar-refractivity contribution is 5.81. The van der Waals surface area contributed by atoms with Crippen LogP contribution >= 0.6 is 0 Å². The molecule has 0 aromatic carbocycles. The number of aliphatic hydroxyl groups excluding tert-OH is 9. The lowest BCUT2D eigenvalue weighted by Crippen LogP contribution is -2.64. The summed E-state index contributed by atoms with van der Waals surface area (Å²) >= 11 is 0.